The Hall–Kier alpha value is -2.14. The van der Waals surface area contributed by atoms with E-state index in [4.69, 9.17) is 0 Å². The molecular formula is C14H19N3O2. The molecule has 0 fully saturated rings. The Labute approximate surface area is 113 Å². The summed E-state index contributed by atoms with van der Waals surface area (Å²) in [4.78, 5) is 24.7. The van der Waals surface area contributed by atoms with Gasteiger partial charge in [-0.3, -0.25) is 15.0 Å². The van der Waals surface area contributed by atoms with Gasteiger partial charge in [0.15, 0.2) is 0 Å². The van der Waals surface area contributed by atoms with Crippen LogP contribution in [0.15, 0.2) is 43.0 Å². The normalized spacial score (nSPS) is 10.0. The fourth-order valence-corrected chi connectivity index (χ4v) is 1.57. The highest BCUT2D eigenvalue weighted by Crippen LogP contribution is 2.01. The monoisotopic (exact) mass is 261 g/mol. The van der Waals surface area contributed by atoms with E-state index in [1.807, 2.05) is 42.3 Å². The quantitative estimate of drug-likeness (QED) is 0.755. The van der Waals surface area contributed by atoms with Gasteiger partial charge >= 0.3 is 6.03 Å². The first kappa shape index (κ1) is 14.9. The second-order valence-electron chi connectivity index (χ2n) is 4.20. The predicted molar refractivity (Wildman–Crippen MR) is 74.5 cm³/mol. The lowest BCUT2D eigenvalue weighted by atomic mass is 10.2. The Morgan fingerprint density at radius 3 is 2.63 bits per heavy atom. The topological polar surface area (TPSA) is 61.4 Å². The molecular weight excluding hydrogens is 242 g/mol. The van der Waals surface area contributed by atoms with Gasteiger partial charge in [0.1, 0.15) is 0 Å². The lowest BCUT2D eigenvalue weighted by molar-refractivity contribution is -0.120. The molecule has 0 saturated carbocycles. The van der Waals surface area contributed by atoms with E-state index >= 15 is 0 Å². The standard InChI is InChI=1S/C14H19N3O2/c1-3-9-15-14(19)16-13(18)11-17(2)10-12-7-5-4-6-8-12/h3-8H,1,9-11H2,2H3,(H2,15,16,18,19). The molecule has 2 N–H and O–H groups in total. The minimum atomic E-state index is -0.502. The average molecular weight is 261 g/mol. The summed E-state index contributed by atoms with van der Waals surface area (Å²) in [7, 11) is 1.83. The van der Waals surface area contributed by atoms with Gasteiger partial charge < -0.3 is 5.32 Å². The summed E-state index contributed by atoms with van der Waals surface area (Å²) in [5, 5.41) is 4.73. The minimum Gasteiger partial charge on any atom is -0.334 e. The van der Waals surface area contributed by atoms with E-state index in [0.29, 0.717) is 13.1 Å². The molecule has 0 heterocycles. The fraction of sp³-hybridized carbons (Fsp3) is 0.286. The van der Waals surface area contributed by atoms with Crippen LogP contribution < -0.4 is 10.6 Å². The average Bonchev–Trinajstić information content (AvgIpc) is 2.37. The van der Waals surface area contributed by atoms with Gasteiger partial charge in [-0.15, -0.1) is 6.58 Å². The molecule has 1 aromatic carbocycles. The number of likely N-dealkylation sites (N-methyl/N-ethyl adjacent to an activating group) is 1. The van der Waals surface area contributed by atoms with E-state index in [9.17, 15) is 9.59 Å². The Morgan fingerprint density at radius 1 is 1.32 bits per heavy atom. The van der Waals surface area contributed by atoms with Crippen LogP contribution in [0.4, 0.5) is 4.79 Å². The van der Waals surface area contributed by atoms with Crippen molar-refractivity contribution >= 4 is 11.9 Å². The number of rotatable bonds is 6. The first-order chi connectivity index (χ1) is 9.11. The number of urea groups is 1. The van der Waals surface area contributed by atoms with Crippen molar-refractivity contribution < 1.29 is 9.59 Å². The number of nitrogens with one attached hydrogen (secondary N) is 2. The molecule has 0 spiro atoms. The van der Waals surface area contributed by atoms with Crippen molar-refractivity contribution in [1.29, 1.82) is 0 Å². The summed E-state index contributed by atoms with van der Waals surface area (Å²) >= 11 is 0. The highest BCUT2D eigenvalue weighted by atomic mass is 16.2. The van der Waals surface area contributed by atoms with Crippen LogP contribution in [0.2, 0.25) is 0 Å². The van der Waals surface area contributed by atoms with Crippen molar-refractivity contribution in [3.05, 3.63) is 48.6 Å². The predicted octanol–water partition coefficient (Wildman–Crippen LogP) is 1.13. The Kier molecular flexibility index (Phi) is 6.32. The zero-order chi connectivity index (χ0) is 14.1. The van der Waals surface area contributed by atoms with E-state index in [-0.39, 0.29) is 12.5 Å². The molecule has 0 atom stereocenters. The van der Waals surface area contributed by atoms with E-state index in [1.54, 1.807) is 6.08 Å². The van der Waals surface area contributed by atoms with E-state index in [1.165, 1.54) is 0 Å². The molecule has 19 heavy (non-hydrogen) atoms. The molecule has 0 radical (unpaired) electrons. The van der Waals surface area contributed by atoms with Gasteiger partial charge in [0.2, 0.25) is 5.91 Å². The van der Waals surface area contributed by atoms with Crippen LogP contribution in [-0.4, -0.2) is 37.0 Å². The summed E-state index contributed by atoms with van der Waals surface area (Å²) in [5.74, 6) is -0.333. The van der Waals surface area contributed by atoms with Crippen molar-refractivity contribution in [1.82, 2.24) is 15.5 Å². The van der Waals surface area contributed by atoms with Crippen LogP contribution in [0, 0.1) is 0 Å². The highest BCUT2D eigenvalue weighted by Gasteiger charge is 2.09. The Balaban J connectivity index is 2.31. The Bertz CT molecular complexity index is 432. The van der Waals surface area contributed by atoms with Crippen LogP contribution in [-0.2, 0) is 11.3 Å². The number of imide groups is 1. The first-order valence-corrected chi connectivity index (χ1v) is 6.03. The van der Waals surface area contributed by atoms with Crippen LogP contribution in [0.3, 0.4) is 0 Å². The summed E-state index contributed by atoms with van der Waals surface area (Å²) in [5.41, 5.74) is 1.12. The molecule has 0 aliphatic rings. The summed E-state index contributed by atoms with van der Waals surface area (Å²) < 4.78 is 0. The van der Waals surface area contributed by atoms with Crippen LogP contribution in [0.25, 0.3) is 0 Å². The summed E-state index contributed by atoms with van der Waals surface area (Å²) in [6.07, 6.45) is 1.55. The molecule has 0 unspecified atom stereocenters. The van der Waals surface area contributed by atoms with Crippen molar-refractivity contribution in [2.75, 3.05) is 20.1 Å². The van der Waals surface area contributed by atoms with Crippen molar-refractivity contribution in [3.63, 3.8) is 0 Å². The molecule has 0 aliphatic carbocycles. The molecule has 1 rings (SSSR count). The minimum absolute atomic E-state index is 0.163. The van der Waals surface area contributed by atoms with Gasteiger partial charge in [-0.1, -0.05) is 36.4 Å². The highest BCUT2D eigenvalue weighted by molar-refractivity contribution is 5.95. The largest absolute Gasteiger partial charge is 0.334 e. The third kappa shape index (κ3) is 6.38. The van der Waals surface area contributed by atoms with Gasteiger partial charge in [-0.2, -0.15) is 0 Å². The van der Waals surface area contributed by atoms with E-state index in [0.717, 1.165) is 5.56 Å². The molecule has 0 saturated heterocycles. The van der Waals surface area contributed by atoms with E-state index in [2.05, 4.69) is 17.2 Å². The molecule has 0 bridgehead atoms. The van der Waals surface area contributed by atoms with Gasteiger partial charge in [0, 0.05) is 13.1 Å². The van der Waals surface area contributed by atoms with Crippen molar-refractivity contribution in [3.8, 4) is 0 Å². The van der Waals surface area contributed by atoms with Crippen molar-refractivity contribution in [2.45, 2.75) is 6.54 Å². The summed E-state index contributed by atoms with van der Waals surface area (Å²) in [6.45, 7) is 4.62. The number of hydrogen-bond acceptors (Lipinski definition) is 3. The van der Waals surface area contributed by atoms with Crippen molar-refractivity contribution in [2.24, 2.45) is 0 Å². The maximum atomic E-state index is 11.6. The smallest absolute Gasteiger partial charge is 0.321 e. The maximum absolute atomic E-state index is 11.6. The molecule has 102 valence electrons. The number of hydrogen-bond donors (Lipinski definition) is 2. The van der Waals surface area contributed by atoms with Crippen LogP contribution in [0.5, 0.6) is 0 Å². The zero-order valence-corrected chi connectivity index (χ0v) is 11.1. The second kappa shape index (κ2) is 8.05. The van der Waals surface area contributed by atoms with Gasteiger partial charge in [0.25, 0.3) is 0 Å². The molecule has 5 heteroatoms. The van der Waals surface area contributed by atoms with Gasteiger partial charge in [-0.05, 0) is 12.6 Å². The molecule has 0 aliphatic heterocycles. The summed E-state index contributed by atoms with van der Waals surface area (Å²) in [6, 6.07) is 9.33. The number of carbonyl (C=O) groups excluding carboxylic acids is 2. The fourth-order valence-electron chi connectivity index (χ4n) is 1.57. The molecule has 0 aromatic heterocycles. The number of benzene rings is 1. The lowest BCUT2D eigenvalue weighted by Gasteiger charge is -2.15. The number of carbonyl (C=O) groups is 2. The van der Waals surface area contributed by atoms with Crippen LogP contribution >= 0.6 is 0 Å². The zero-order valence-electron chi connectivity index (χ0n) is 11.1. The van der Waals surface area contributed by atoms with Gasteiger partial charge in [0.05, 0.1) is 6.54 Å². The molecule has 5 nitrogen and oxygen atoms in total. The van der Waals surface area contributed by atoms with E-state index < -0.39 is 6.03 Å². The Morgan fingerprint density at radius 2 is 2.00 bits per heavy atom. The SMILES string of the molecule is C=CCNC(=O)NC(=O)CN(C)Cc1ccccc1. The maximum Gasteiger partial charge on any atom is 0.321 e. The third-order valence-corrected chi connectivity index (χ3v) is 2.37. The molecule has 1 aromatic rings. The third-order valence-electron chi connectivity index (χ3n) is 2.37. The molecule has 3 amide bonds. The van der Waals surface area contributed by atoms with Crippen LogP contribution in [0.1, 0.15) is 5.56 Å². The first-order valence-electron chi connectivity index (χ1n) is 6.03. The van der Waals surface area contributed by atoms with Gasteiger partial charge in [-0.25, -0.2) is 4.79 Å². The number of nitrogens with zero attached hydrogens (tertiary/aromatic N) is 1. The lowest BCUT2D eigenvalue weighted by Crippen LogP contribution is -2.43. The second-order valence-corrected chi connectivity index (χ2v) is 4.20. The number of amides is 3.